The van der Waals surface area contributed by atoms with Crippen molar-refractivity contribution in [3.05, 3.63) is 21.9 Å². The average molecular weight is 343 g/mol. The zero-order valence-electron chi connectivity index (χ0n) is 12.6. The Balaban J connectivity index is 1.58. The molecule has 2 amide bonds. The van der Waals surface area contributed by atoms with E-state index in [0.717, 1.165) is 25.8 Å². The lowest BCUT2D eigenvalue weighted by atomic mass is 10.1. The Hall–Kier alpha value is -1.12. The Labute approximate surface area is 135 Å². The maximum atomic E-state index is 12.4. The van der Waals surface area contributed by atoms with E-state index in [1.807, 2.05) is 4.90 Å². The summed E-state index contributed by atoms with van der Waals surface area (Å²) in [7, 11) is -3.18. The van der Waals surface area contributed by atoms with Crippen LogP contribution < -0.4 is 5.32 Å². The van der Waals surface area contributed by atoms with E-state index < -0.39 is 10.0 Å². The van der Waals surface area contributed by atoms with Gasteiger partial charge in [0, 0.05) is 37.1 Å². The van der Waals surface area contributed by atoms with Gasteiger partial charge in [-0.25, -0.2) is 17.5 Å². The molecule has 22 heavy (non-hydrogen) atoms. The number of carbonyl (C=O) groups excluding carboxylic acids is 1. The van der Waals surface area contributed by atoms with E-state index in [0.29, 0.717) is 19.6 Å². The van der Waals surface area contributed by atoms with Crippen LogP contribution in [-0.4, -0.2) is 55.6 Å². The number of nitrogens with zero attached hydrogens (tertiary/aromatic N) is 2. The first kappa shape index (κ1) is 15.8. The molecular weight excluding hydrogens is 322 g/mol. The van der Waals surface area contributed by atoms with Crippen molar-refractivity contribution in [3.8, 4) is 0 Å². The van der Waals surface area contributed by atoms with Gasteiger partial charge in [0.15, 0.2) is 0 Å². The number of amides is 2. The second-order valence-corrected chi connectivity index (χ2v) is 8.93. The first-order valence-corrected chi connectivity index (χ1v) is 10.2. The van der Waals surface area contributed by atoms with E-state index in [1.165, 1.54) is 21.0 Å². The summed E-state index contributed by atoms with van der Waals surface area (Å²) in [6.45, 7) is 2.30. The number of sulfonamides is 1. The van der Waals surface area contributed by atoms with E-state index in [4.69, 9.17) is 0 Å². The monoisotopic (exact) mass is 343 g/mol. The van der Waals surface area contributed by atoms with E-state index >= 15 is 0 Å². The first-order valence-electron chi connectivity index (χ1n) is 7.49. The lowest BCUT2D eigenvalue weighted by molar-refractivity contribution is 0.181. The van der Waals surface area contributed by atoms with E-state index in [9.17, 15) is 13.2 Å². The second kappa shape index (κ2) is 6.17. The minimum absolute atomic E-state index is 0.0859. The van der Waals surface area contributed by atoms with Crippen molar-refractivity contribution in [2.75, 3.05) is 25.9 Å². The predicted molar refractivity (Wildman–Crippen MR) is 86.4 cm³/mol. The standard InChI is InChI=1S/C14H21N3O3S2/c1-22(19,20)17-6-2-3-12(10-17)15-14(18)16-7-4-13-11(9-16)5-8-21-13/h5,8,12H,2-4,6-7,9-10H2,1H3,(H,15,18). The average Bonchev–Trinajstić information content (AvgIpc) is 2.94. The van der Waals surface area contributed by atoms with Gasteiger partial charge in [0.25, 0.3) is 0 Å². The molecule has 6 nitrogen and oxygen atoms in total. The van der Waals surface area contributed by atoms with Crippen LogP contribution in [0.5, 0.6) is 0 Å². The van der Waals surface area contributed by atoms with Gasteiger partial charge >= 0.3 is 6.03 Å². The van der Waals surface area contributed by atoms with Crippen LogP contribution in [0.3, 0.4) is 0 Å². The quantitative estimate of drug-likeness (QED) is 0.878. The molecule has 1 saturated heterocycles. The normalized spacial score (nSPS) is 23.1. The molecule has 0 spiro atoms. The van der Waals surface area contributed by atoms with Gasteiger partial charge in [-0.3, -0.25) is 0 Å². The fraction of sp³-hybridized carbons (Fsp3) is 0.643. The zero-order chi connectivity index (χ0) is 15.7. The molecule has 3 heterocycles. The summed E-state index contributed by atoms with van der Waals surface area (Å²) in [5.41, 5.74) is 1.23. The van der Waals surface area contributed by atoms with E-state index in [1.54, 1.807) is 11.3 Å². The van der Waals surface area contributed by atoms with Crippen molar-refractivity contribution in [1.82, 2.24) is 14.5 Å². The maximum Gasteiger partial charge on any atom is 0.317 e. The van der Waals surface area contributed by atoms with Gasteiger partial charge in [-0.05, 0) is 36.3 Å². The van der Waals surface area contributed by atoms with Crippen molar-refractivity contribution in [2.45, 2.75) is 31.8 Å². The summed E-state index contributed by atoms with van der Waals surface area (Å²) in [6.07, 6.45) is 3.74. The second-order valence-electron chi connectivity index (χ2n) is 5.95. The minimum Gasteiger partial charge on any atom is -0.334 e. The van der Waals surface area contributed by atoms with Gasteiger partial charge in [0.2, 0.25) is 10.0 Å². The summed E-state index contributed by atoms with van der Waals surface area (Å²) in [4.78, 5) is 15.6. The summed E-state index contributed by atoms with van der Waals surface area (Å²) in [6, 6.07) is 1.89. The van der Waals surface area contributed by atoms with Crippen LogP contribution in [0.4, 0.5) is 4.79 Å². The SMILES string of the molecule is CS(=O)(=O)N1CCCC(NC(=O)N2CCc3sccc3C2)C1. The molecule has 2 aliphatic heterocycles. The Morgan fingerprint density at radius 3 is 3.00 bits per heavy atom. The molecule has 1 N–H and O–H groups in total. The number of rotatable bonds is 2. The van der Waals surface area contributed by atoms with Crippen molar-refractivity contribution in [3.63, 3.8) is 0 Å². The maximum absolute atomic E-state index is 12.4. The molecule has 0 saturated carbocycles. The smallest absolute Gasteiger partial charge is 0.317 e. The van der Waals surface area contributed by atoms with Crippen molar-refractivity contribution >= 4 is 27.4 Å². The summed E-state index contributed by atoms with van der Waals surface area (Å²) < 4.78 is 24.7. The number of hydrogen-bond acceptors (Lipinski definition) is 4. The van der Waals surface area contributed by atoms with Gasteiger partial charge in [-0.2, -0.15) is 0 Å². The molecule has 8 heteroatoms. The van der Waals surface area contributed by atoms with Crippen LogP contribution >= 0.6 is 11.3 Å². The summed E-state index contributed by atoms with van der Waals surface area (Å²) in [5.74, 6) is 0. The first-order chi connectivity index (χ1) is 10.4. The molecule has 3 rings (SSSR count). The van der Waals surface area contributed by atoms with Crippen LogP contribution in [0.15, 0.2) is 11.4 Å². The summed E-state index contributed by atoms with van der Waals surface area (Å²) >= 11 is 1.75. The number of urea groups is 1. The molecule has 1 aromatic rings. The van der Waals surface area contributed by atoms with Gasteiger partial charge in [-0.1, -0.05) is 0 Å². The van der Waals surface area contributed by atoms with Crippen molar-refractivity contribution in [2.24, 2.45) is 0 Å². The Kier molecular flexibility index (Phi) is 4.42. The molecule has 0 aromatic carbocycles. The Morgan fingerprint density at radius 1 is 1.41 bits per heavy atom. The number of carbonyl (C=O) groups is 1. The predicted octanol–water partition coefficient (Wildman–Crippen LogP) is 1.24. The topological polar surface area (TPSA) is 69.7 Å². The molecule has 0 radical (unpaired) electrons. The van der Waals surface area contributed by atoms with Crippen LogP contribution in [-0.2, 0) is 23.0 Å². The Morgan fingerprint density at radius 2 is 2.23 bits per heavy atom. The lowest BCUT2D eigenvalue weighted by Gasteiger charge is -2.34. The molecular formula is C14H21N3O3S2. The fourth-order valence-corrected chi connectivity index (χ4v) is 4.85. The van der Waals surface area contributed by atoms with Crippen molar-refractivity contribution in [1.29, 1.82) is 0 Å². The van der Waals surface area contributed by atoms with E-state index in [2.05, 4.69) is 16.8 Å². The third-order valence-electron chi connectivity index (χ3n) is 4.28. The highest BCUT2D eigenvalue weighted by molar-refractivity contribution is 7.88. The highest BCUT2D eigenvalue weighted by Gasteiger charge is 2.29. The fourth-order valence-electron chi connectivity index (χ4n) is 3.05. The molecule has 1 fully saturated rings. The van der Waals surface area contributed by atoms with Gasteiger partial charge in [0.1, 0.15) is 0 Å². The largest absolute Gasteiger partial charge is 0.334 e. The van der Waals surface area contributed by atoms with Crippen molar-refractivity contribution < 1.29 is 13.2 Å². The van der Waals surface area contributed by atoms with Gasteiger partial charge in [0.05, 0.1) is 6.26 Å². The number of fused-ring (bicyclic) bond motifs is 1. The molecule has 0 bridgehead atoms. The Bertz CT molecular complexity index is 656. The highest BCUT2D eigenvalue weighted by atomic mass is 32.2. The summed E-state index contributed by atoms with van der Waals surface area (Å²) in [5, 5.41) is 5.06. The van der Waals surface area contributed by atoms with Crippen LogP contribution in [0.1, 0.15) is 23.3 Å². The highest BCUT2D eigenvalue weighted by Crippen LogP contribution is 2.24. The molecule has 1 aromatic heterocycles. The van der Waals surface area contributed by atoms with Crippen LogP contribution in [0, 0.1) is 0 Å². The molecule has 1 unspecified atom stereocenters. The molecule has 0 aliphatic carbocycles. The molecule has 122 valence electrons. The number of thiophene rings is 1. The van der Waals surface area contributed by atoms with Gasteiger partial charge in [-0.15, -0.1) is 11.3 Å². The van der Waals surface area contributed by atoms with Crippen LogP contribution in [0.25, 0.3) is 0 Å². The molecule has 1 atom stereocenters. The minimum atomic E-state index is -3.18. The van der Waals surface area contributed by atoms with E-state index in [-0.39, 0.29) is 12.1 Å². The van der Waals surface area contributed by atoms with Gasteiger partial charge < -0.3 is 10.2 Å². The van der Waals surface area contributed by atoms with Crippen LogP contribution in [0.2, 0.25) is 0 Å². The molecule has 2 aliphatic rings. The third-order valence-corrected chi connectivity index (χ3v) is 6.57. The zero-order valence-corrected chi connectivity index (χ0v) is 14.3. The third kappa shape index (κ3) is 3.44. The number of hydrogen-bond donors (Lipinski definition) is 1. The number of piperidine rings is 1. The lowest BCUT2D eigenvalue weighted by Crippen LogP contribution is -2.53. The number of nitrogens with one attached hydrogen (secondary N) is 1.